The van der Waals surface area contributed by atoms with Crippen molar-refractivity contribution in [2.75, 3.05) is 6.54 Å². The highest BCUT2D eigenvalue weighted by Gasteiger charge is 2.26. The number of nitrogens with one attached hydrogen (secondary N) is 1. The molecule has 4 rings (SSSR count). The van der Waals surface area contributed by atoms with E-state index in [9.17, 15) is 4.79 Å². The molecule has 3 aromatic rings. The number of nitrogens with zero attached hydrogens (tertiary/aromatic N) is 2. The van der Waals surface area contributed by atoms with Gasteiger partial charge in [-0.1, -0.05) is 17.7 Å². The monoisotopic (exact) mass is 413 g/mol. The first kappa shape index (κ1) is 18.9. The van der Waals surface area contributed by atoms with Crippen LogP contribution in [0.15, 0.2) is 48.2 Å². The van der Waals surface area contributed by atoms with Crippen molar-refractivity contribution in [3.8, 4) is 17.0 Å². The standard InChI is InChI=1S/C21H20ClN3O2S/c22-18-11-14(19-13-23-6-7-24-19)9-15-10-16(27-21(15)18)12-25-20(26)5-1-3-17-4-2-8-28-17/h2,4,6-9,11,13,16H,1,3,5,10,12H2,(H,25,26)/t16-/m0/s1. The lowest BCUT2D eigenvalue weighted by atomic mass is 10.0. The van der Waals surface area contributed by atoms with Crippen molar-refractivity contribution in [1.82, 2.24) is 15.3 Å². The van der Waals surface area contributed by atoms with Gasteiger partial charge in [-0.25, -0.2) is 0 Å². The molecule has 1 amide bonds. The van der Waals surface area contributed by atoms with E-state index in [1.54, 1.807) is 29.9 Å². The Morgan fingerprint density at radius 3 is 3.07 bits per heavy atom. The highest BCUT2D eigenvalue weighted by Crippen LogP contribution is 2.39. The quantitative estimate of drug-likeness (QED) is 0.627. The molecular formula is C21H20ClN3O2S. The van der Waals surface area contributed by atoms with Gasteiger partial charge in [0.2, 0.25) is 5.91 Å². The summed E-state index contributed by atoms with van der Waals surface area (Å²) in [4.78, 5) is 21.8. The fraction of sp³-hybridized carbons (Fsp3) is 0.286. The second-order valence-electron chi connectivity index (χ2n) is 6.72. The number of ether oxygens (including phenoxy) is 1. The van der Waals surface area contributed by atoms with Crippen LogP contribution in [0.3, 0.4) is 0 Å². The second-order valence-corrected chi connectivity index (χ2v) is 8.16. The molecule has 1 aliphatic heterocycles. The molecule has 144 valence electrons. The number of thiophene rings is 1. The molecule has 0 spiro atoms. The van der Waals surface area contributed by atoms with E-state index in [0.717, 1.165) is 29.7 Å². The lowest BCUT2D eigenvalue weighted by Gasteiger charge is -2.12. The van der Waals surface area contributed by atoms with Crippen LogP contribution >= 0.6 is 22.9 Å². The van der Waals surface area contributed by atoms with Crippen LogP contribution in [0.4, 0.5) is 0 Å². The maximum absolute atomic E-state index is 12.1. The highest BCUT2D eigenvalue weighted by molar-refractivity contribution is 7.09. The van der Waals surface area contributed by atoms with Gasteiger partial charge in [0.25, 0.3) is 0 Å². The number of carbonyl (C=O) groups excluding carboxylic acids is 1. The van der Waals surface area contributed by atoms with E-state index in [-0.39, 0.29) is 12.0 Å². The molecule has 0 saturated carbocycles. The van der Waals surface area contributed by atoms with Gasteiger partial charge >= 0.3 is 0 Å². The molecule has 5 nitrogen and oxygen atoms in total. The Balaban J connectivity index is 1.30. The Morgan fingerprint density at radius 2 is 2.29 bits per heavy atom. The van der Waals surface area contributed by atoms with Gasteiger partial charge in [-0.15, -0.1) is 11.3 Å². The molecule has 2 aromatic heterocycles. The number of amides is 1. The minimum absolute atomic E-state index is 0.0578. The van der Waals surface area contributed by atoms with Gasteiger partial charge in [-0.2, -0.15) is 0 Å². The summed E-state index contributed by atoms with van der Waals surface area (Å²) in [6.07, 6.45) is 7.92. The van der Waals surface area contributed by atoms with Gasteiger partial charge in [-0.3, -0.25) is 14.8 Å². The number of rotatable bonds is 7. The summed E-state index contributed by atoms with van der Waals surface area (Å²) in [5.41, 5.74) is 2.72. The van der Waals surface area contributed by atoms with Gasteiger partial charge in [0.15, 0.2) is 0 Å². The van der Waals surface area contributed by atoms with E-state index in [0.29, 0.717) is 30.2 Å². The zero-order chi connectivity index (χ0) is 19.3. The van der Waals surface area contributed by atoms with Crippen LogP contribution in [0.5, 0.6) is 5.75 Å². The maximum atomic E-state index is 12.1. The minimum Gasteiger partial charge on any atom is -0.486 e. The van der Waals surface area contributed by atoms with E-state index >= 15 is 0 Å². The Hall–Kier alpha value is -2.44. The molecule has 1 atom stereocenters. The number of aromatic nitrogens is 2. The van der Waals surface area contributed by atoms with Crippen molar-refractivity contribution in [1.29, 1.82) is 0 Å². The Morgan fingerprint density at radius 1 is 1.36 bits per heavy atom. The number of fused-ring (bicyclic) bond motifs is 1. The molecule has 1 aliphatic rings. The van der Waals surface area contributed by atoms with Crippen LogP contribution in [-0.4, -0.2) is 28.5 Å². The lowest BCUT2D eigenvalue weighted by Crippen LogP contribution is -2.34. The fourth-order valence-corrected chi connectivity index (χ4v) is 4.33. The smallest absolute Gasteiger partial charge is 0.220 e. The normalized spacial score (nSPS) is 15.1. The summed E-state index contributed by atoms with van der Waals surface area (Å²) in [6.45, 7) is 0.476. The van der Waals surface area contributed by atoms with Crippen molar-refractivity contribution >= 4 is 28.8 Å². The number of hydrogen-bond donors (Lipinski definition) is 1. The average molecular weight is 414 g/mol. The first-order valence-electron chi connectivity index (χ1n) is 9.23. The zero-order valence-corrected chi connectivity index (χ0v) is 16.8. The Labute approximate surface area is 172 Å². The first-order chi connectivity index (χ1) is 13.7. The number of benzene rings is 1. The number of carbonyl (C=O) groups is 1. The van der Waals surface area contributed by atoms with Gasteiger partial charge < -0.3 is 10.1 Å². The number of aryl methyl sites for hydroxylation is 1. The largest absolute Gasteiger partial charge is 0.486 e. The van der Waals surface area contributed by atoms with E-state index in [4.69, 9.17) is 16.3 Å². The van der Waals surface area contributed by atoms with Crippen molar-refractivity contribution in [3.05, 3.63) is 63.7 Å². The fourth-order valence-electron chi connectivity index (χ4n) is 3.29. The summed E-state index contributed by atoms with van der Waals surface area (Å²) in [5, 5.41) is 5.60. The summed E-state index contributed by atoms with van der Waals surface area (Å²) < 4.78 is 5.96. The van der Waals surface area contributed by atoms with E-state index in [1.165, 1.54) is 4.88 Å². The SMILES string of the molecule is O=C(CCCc1cccs1)NC[C@@H]1Cc2cc(-c3cnccn3)cc(Cl)c2O1. The van der Waals surface area contributed by atoms with Crippen LogP contribution < -0.4 is 10.1 Å². The van der Waals surface area contributed by atoms with Crippen LogP contribution in [0.1, 0.15) is 23.3 Å². The Bertz CT molecular complexity index is 948. The molecule has 0 saturated heterocycles. The minimum atomic E-state index is -0.106. The summed E-state index contributed by atoms with van der Waals surface area (Å²) in [5.74, 6) is 0.758. The average Bonchev–Trinajstić information content (AvgIpc) is 3.37. The van der Waals surface area contributed by atoms with Crippen molar-refractivity contribution in [3.63, 3.8) is 0 Å². The van der Waals surface area contributed by atoms with Crippen molar-refractivity contribution in [2.24, 2.45) is 0 Å². The van der Waals surface area contributed by atoms with Crippen molar-refractivity contribution in [2.45, 2.75) is 31.8 Å². The highest BCUT2D eigenvalue weighted by atomic mass is 35.5. The van der Waals surface area contributed by atoms with Crippen LogP contribution in [0.25, 0.3) is 11.3 Å². The van der Waals surface area contributed by atoms with E-state index in [2.05, 4.69) is 26.7 Å². The predicted molar refractivity (Wildman–Crippen MR) is 111 cm³/mol. The van der Waals surface area contributed by atoms with Crippen LogP contribution in [-0.2, 0) is 17.6 Å². The molecule has 1 N–H and O–H groups in total. The zero-order valence-electron chi connectivity index (χ0n) is 15.2. The lowest BCUT2D eigenvalue weighted by molar-refractivity contribution is -0.121. The van der Waals surface area contributed by atoms with Gasteiger partial charge in [0, 0.05) is 41.2 Å². The van der Waals surface area contributed by atoms with Gasteiger partial charge in [-0.05, 0) is 36.4 Å². The molecule has 28 heavy (non-hydrogen) atoms. The van der Waals surface area contributed by atoms with Gasteiger partial charge in [0.05, 0.1) is 23.5 Å². The molecule has 0 radical (unpaired) electrons. The molecular weight excluding hydrogens is 394 g/mol. The molecule has 0 aliphatic carbocycles. The molecule has 0 fully saturated rings. The molecule has 0 bridgehead atoms. The second kappa shape index (κ2) is 8.71. The maximum Gasteiger partial charge on any atom is 0.220 e. The molecule has 7 heteroatoms. The summed E-state index contributed by atoms with van der Waals surface area (Å²) >= 11 is 8.14. The topological polar surface area (TPSA) is 64.1 Å². The van der Waals surface area contributed by atoms with Crippen molar-refractivity contribution < 1.29 is 9.53 Å². The number of halogens is 1. The third kappa shape index (κ3) is 4.51. The number of hydrogen-bond acceptors (Lipinski definition) is 5. The Kier molecular flexibility index (Phi) is 5.88. The van der Waals surface area contributed by atoms with Crippen LogP contribution in [0.2, 0.25) is 5.02 Å². The summed E-state index contributed by atoms with van der Waals surface area (Å²) in [6, 6.07) is 8.02. The van der Waals surface area contributed by atoms with E-state index < -0.39 is 0 Å². The first-order valence-corrected chi connectivity index (χ1v) is 10.5. The van der Waals surface area contributed by atoms with E-state index in [1.807, 2.05) is 18.2 Å². The predicted octanol–water partition coefficient (Wildman–Crippen LogP) is 4.30. The van der Waals surface area contributed by atoms with Gasteiger partial charge in [0.1, 0.15) is 11.9 Å². The molecule has 0 unspecified atom stereocenters. The third-order valence-corrected chi connectivity index (χ3v) is 5.86. The summed E-state index contributed by atoms with van der Waals surface area (Å²) in [7, 11) is 0. The third-order valence-electron chi connectivity index (χ3n) is 4.65. The molecule has 3 heterocycles. The molecule has 1 aromatic carbocycles. The van der Waals surface area contributed by atoms with Crippen LogP contribution in [0, 0.1) is 0 Å².